The average Bonchev–Trinajstić information content (AvgIpc) is 3.27. The number of nitrogens with one attached hydrogen (secondary N) is 2. The quantitative estimate of drug-likeness (QED) is 0.347. The van der Waals surface area contributed by atoms with Gasteiger partial charge < -0.3 is 20.3 Å². The molecule has 0 aromatic carbocycles. The molecule has 0 radical (unpaired) electrons. The van der Waals surface area contributed by atoms with Gasteiger partial charge in [0.05, 0.1) is 6.10 Å². The molecule has 0 bridgehead atoms. The van der Waals surface area contributed by atoms with Gasteiger partial charge in [-0.25, -0.2) is 4.99 Å². The third kappa shape index (κ3) is 7.40. The number of hydrogen-bond acceptors (Lipinski definition) is 4. The molecule has 26 heavy (non-hydrogen) atoms. The molecule has 2 N–H and O–H groups in total. The summed E-state index contributed by atoms with van der Waals surface area (Å²) in [6.07, 6.45) is 2.40. The van der Waals surface area contributed by atoms with E-state index in [2.05, 4.69) is 47.0 Å². The highest BCUT2D eigenvalue weighted by Gasteiger charge is 2.22. The van der Waals surface area contributed by atoms with Gasteiger partial charge in [0.1, 0.15) is 6.54 Å². The van der Waals surface area contributed by atoms with E-state index < -0.39 is 0 Å². The van der Waals surface area contributed by atoms with Crippen molar-refractivity contribution < 1.29 is 9.53 Å². The van der Waals surface area contributed by atoms with Crippen LogP contribution in [-0.2, 0) is 14.9 Å². The van der Waals surface area contributed by atoms with Crippen molar-refractivity contribution in [2.24, 2.45) is 4.99 Å². The summed E-state index contributed by atoms with van der Waals surface area (Å²) in [5.74, 6) is 0.645. The molecule has 1 aromatic rings. The van der Waals surface area contributed by atoms with E-state index in [1.807, 2.05) is 0 Å². The smallest absolute Gasteiger partial charge is 0.243 e. The monoisotopic (exact) mass is 494 g/mol. The van der Waals surface area contributed by atoms with E-state index in [1.54, 1.807) is 30.3 Å². The zero-order valence-corrected chi connectivity index (χ0v) is 19.2. The molecule has 1 aliphatic rings. The van der Waals surface area contributed by atoms with E-state index in [1.165, 1.54) is 4.88 Å². The van der Waals surface area contributed by atoms with Crippen molar-refractivity contribution in [1.82, 2.24) is 15.5 Å². The van der Waals surface area contributed by atoms with E-state index in [0.29, 0.717) is 12.5 Å². The maximum Gasteiger partial charge on any atom is 0.243 e. The Morgan fingerprint density at radius 1 is 1.42 bits per heavy atom. The Balaban J connectivity index is 0.00000338. The number of likely N-dealkylation sites (N-methyl/N-ethyl adjacent to an activating group) is 1. The summed E-state index contributed by atoms with van der Waals surface area (Å²) in [4.78, 5) is 19.2. The second-order valence-corrected chi connectivity index (χ2v) is 8.13. The van der Waals surface area contributed by atoms with Crippen molar-refractivity contribution in [2.75, 3.05) is 40.3 Å². The average molecular weight is 494 g/mol. The first-order chi connectivity index (χ1) is 11.9. The molecule has 1 fully saturated rings. The summed E-state index contributed by atoms with van der Waals surface area (Å²) in [7, 11) is 3.48. The van der Waals surface area contributed by atoms with Crippen LogP contribution in [0, 0.1) is 0 Å². The van der Waals surface area contributed by atoms with Crippen molar-refractivity contribution >= 4 is 47.2 Å². The predicted molar refractivity (Wildman–Crippen MR) is 119 cm³/mol. The van der Waals surface area contributed by atoms with Crippen LogP contribution in [0.25, 0.3) is 0 Å². The molecule has 1 atom stereocenters. The zero-order valence-electron chi connectivity index (χ0n) is 16.1. The molecular weight excluding hydrogens is 463 g/mol. The molecule has 1 amide bonds. The van der Waals surface area contributed by atoms with E-state index in [9.17, 15) is 4.79 Å². The molecule has 1 unspecified atom stereocenters. The molecule has 0 spiro atoms. The van der Waals surface area contributed by atoms with E-state index >= 15 is 0 Å². The summed E-state index contributed by atoms with van der Waals surface area (Å²) in [6, 6.07) is 4.22. The van der Waals surface area contributed by atoms with Crippen LogP contribution >= 0.6 is 35.3 Å². The molecule has 2 rings (SSSR count). The Labute approximate surface area is 177 Å². The van der Waals surface area contributed by atoms with Gasteiger partial charge in [-0.05, 0) is 24.3 Å². The Morgan fingerprint density at radius 3 is 2.77 bits per heavy atom. The van der Waals surface area contributed by atoms with Gasteiger partial charge in [0.2, 0.25) is 5.91 Å². The summed E-state index contributed by atoms with van der Waals surface area (Å²) in [6.45, 7) is 6.82. The number of carbonyl (C=O) groups is 1. The Bertz CT molecular complexity index is 570. The normalized spacial score (nSPS) is 17.5. The number of hydrogen-bond donors (Lipinski definition) is 2. The van der Waals surface area contributed by atoms with Crippen molar-refractivity contribution in [2.45, 2.75) is 38.2 Å². The van der Waals surface area contributed by atoms with Crippen LogP contribution in [0.15, 0.2) is 22.5 Å². The number of halogens is 1. The van der Waals surface area contributed by atoms with Gasteiger partial charge in [0.15, 0.2) is 5.96 Å². The van der Waals surface area contributed by atoms with Crippen molar-refractivity contribution in [1.29, 1.82) is 0 Å². The standard InChI is InChI=1S/C18H30N4O2S.HI/c1-18(2,15-8-6-10-25-15)13-21-17(20-12-16(23)22(3)4)19-11-14-7-5-9-24-14;/h6,8,10,14H,5,7,9,11-13H2,1-4H3,(H2,19,20,21);1H. The molecule has 2 heterocycles. The molecule has 1 aromatic heterocycles. The lowest BCUT2D eigenvalue weighted by Crippen LogP contribution is -2.45. The van der Waals surface area contributed by atoms with Crippen LogP contribution < -0.4 is 10.6 Å². The number of thiophene rings is 1. The number of aliphatic imine (C=N–C) groups is 1. The molecule has 148 valence electrons. The van der Waals surface area contributed by atoms with Crippen molar-refractivity contribution in [3.8, 4) is 0 Å². The van der Waals surface area contributed by atoms with Crippen LogP contribution in [0.2, 0.25) is 0 Å². The lowest BCUT2D eigenvalue weighted by molar-refractivity contribution is -0.127. The van der Waals surface area contributed by atoms with Gasteiger partial charge in [0.25, 0.3) is 0 Å². The maximum absolute atomic E-state index is 11.8. The zero-order chi connectivity index (χ0) is 18.3. The minimum Gasteiger partial charge on any atom is -0.376 e. The van der Waals surface area contributed by atoms with Crippen LogP contribution in [0.3, 0.4) is 0 Å². The Morgan fingerprint density at radius 2 is 2.19 bits per heavy atom. The second-order valence-electron chi connectivity index (χ2n) is 7.18. The minimum atomic E-state index is -0.0178. The minimum absolute atomic E-state index is 0. The van der Waals surface area contributed by atoms with Gasteiger partial charge in [0, 0.05) is 44.1 Å². The highest BCUT2D eigenvalue weighted by Crippen LogP contribution is 2.26. The van der Waals surface area contributed by atoms with Crippen LogP contribution in [-0.4, -0.2) is 63.2 Å². The largest absolute Gasteiger partial charge is 0.376 e. The molecule has 0 saturated carbocycles. The molecular formula is C18H31IN4O2S. The van der Waals surface area contributed by atoms with Gasteiger partial charge in [-0.1, -0.05) is 19.9 Å². The summed E-state index contributed by atoms with van der Waals surface area (Å²) >= 11 is 1.76. The Kier molecular flexibility index (Phi) is 9.88. The number of guanidine groups is 1. The first-order valence-electron chi connectivity index (χ1n) is 8.76. The number of rotatable bonds is 7. The highest BCUT2D eigenvalue weighted by molar-refractivity contribution is 14.0. The lowest BCUT2D eigenvalue weighted by atomic mass is 9.91. The first-order valence-corrected chi connectivity index (χ1v) is 9.64. The highest BCUT2D eigenvalue weighted by atomic mass is 127. The maximum atomic E-state index is 11.8. The van der Waals surface area contributed by atoms with Crippen molar-refractivity contribution in [3.63, 3.8) is 0 Å². The SMILES string of the molecule is CN(C)C(=O)CN=C(NCC1CCCO1)NCC(C)(C)c1cccs1.I. The number of amides is 1. The third-order valence-electron chi connectivity index (χ3n) is 4.28. The summed E-state index contributed by atoms with van der Waals surface area (Å²) in [5, 5.41) is 8.80. The third-order valence-corrected chi connectivity index (χ3v) is 5.51. The van der Waals surface area contributed by atoms with Gasteiger partial charge in [-0.2, -0.15) is 0 Å². The fraction of sp³-hybridized carbons (Fsp3) is 0.667. The van der Waals surface area contributed by atoms with Gasteiger partial charge >= 0.3 is 0 Å². The fourth-order valence-electron chi connectivity index (χ4n) is 2.53. The number of ether oxygens (including phenoxy) is 1. The number of nitrogens with zero attached hydrogens (tertiary/aromatic N) is 2. The molecule has 0 aliphatic carbocycles. The van der Waals surface area contributed by atoms with Crippen LogP contribution in [0.5, 0.6) is 0 Å². The molecule has 1 saturated heterocycles. The topological polar surface area (TPSA) is 66.0 Å². The van der Waals surface area contributed by atoms with Gasteiger partial charge in [-0.15, -0.1) is 35.3 Å². The lowest BCUT2D eigenvalue weighted by Gasteiger charge is -2.25. The predicted octanol–water partition coefficient (Wildman–Crippen LogP) is 2.45. The number of carbonyl (C=O) groups excluding carboxylic acids is 1. The molecule has 1 aliphatic heterocycles. The summed E-state index contributed by atoms with van der Waals surface area (Å²) < 4.78 is 5.65. The first kappa shape index (κ1) is 23.2. The molecule has 8 heteroatoms. The van der Waals surface area contributed by atoms with E-state index in [4.69, 9.17) is 4.74 Å². The summed E-state index contributed by atoms with van der Waals surface area (Å²) in [5.41, 5.74) is -0.00790. The van der Waals surface area contributed by atoms with Crippen LogP contribution in [0.4, 0.5) is 0 Å². The van der Waals surface area contributed by atoms with E-state index in [0.717, 1.165) is 26.0 Å². The van der Waals surface area contributed by atoms with Crippen LogP contribution in [0.1, 0.15) is 31.6 Å². The second kappa shape index (κ2) is 11.1. The molecule has 6 nitrogen and oxygen atoms in total. The van der Waals surface area contributed by atoms with Gasteiger partial charge in [-0.3, -0.25) is 4.79 Å². The Hall–Kier alpha value is -0.870. The van der Waals surface area contributed by atoms with E-state index in [-0.39, 0.29) is 47.9 Å². The van der Waals surface area contributed by atoms with Crippen molar-refractivity contribution in [3.05, 3.63) is 22.4 Å². The fourth-order valence-corrected chi connectivity index (χ4v) is 3.39.